The summed E-state index contributed by atoms with van der Waals surface area (Å²) >= 11 is 0. The van der Waals surface area contributed by atoms with Crippen LogP contribution in [0.25, 0.3) is 0 Å². The van der Waals surface area contributed by atoms with Gasteiger partial charge >= 0.3 is 0 Å². The van der Waals surface area contributed by atoms with Crippen molar-refractivity contribution in [3.63, 3.8) is 0 Å². The van der Waals surface area contributed by atoms with Crippen LogP contribution < -0.4 is 14.8 Å². The summed E-state index contributed by atoms with van der Waals surface area (Å²) in [6.07, 6.45) is -0.615. The van der Waals surface area contributed by atoms with Gasteiger partial charge in [-0.15, -0.1) is 0 Å². The van der Waals surface area contributed by atoms with Gasteiger partial charge in [0.1, 0.15) is 30.8 Å². The fraction of sp³-hybridized carbons (Fsp3) is 0.333. The number of rotatable bonds is 10. The van der Waals surface area contributed by atoms with Crippen molar-refractivity contribution in [3.05, 3.63) is 60.2 Å². The monoisotopic (exact) mass is 317 g/mol. The third kappa shape index (κ3) is 6.69. The predicted octanol–water partition coefficient (Wildman–Crippen LogP) is 1.59. The second-order valence-electron chi connectivity index (χ2n) is 5.14. The van der Waals surface area contributed by atoms with E-state index in [1.165, 1.54) is 0 Å². The zero-order valence-corrected chi connectivity index (χ0v) is 13.0. The van der Waals surface area contributed by atoms with Crippen LogP contribution in [0.4, 0.5) is 0 Å². The van der Waals surface area contributed by atoms with Crippen molar-refractivity contribution >= 4 is 0 Å². The van der Waals surface area contributed by atoms with Crippen molar-refractivity contribution in [2.75, 3.05) is 26.3 Å². The topological polar surface area (TPSA) is 71.0 Å². The Morgan fingerprint density at radius 1 is 0.913 bits per heavy atom. The quantitative estimate of drug-likeness (QED) is 0.581. The Morgan fingerprint density at radius 2 is 1.57 bits per heavy atom. The summed E-state index contributed by atoms with van der Waals surface area (Å²) in [4.78, 5) is 0. The highest BCUT2D eigenvalue weighted by atomic mass is 16.5. The van der Waals surface area contributed by atoms with E-state index in [1.54, 1.807) is 0 Å². The van der Waals surface area contributed by atoms with Crippen LogP contribution in [0.1, 0.15) is 5.56 Å². The first-order chi connectivity index (χ1) is 11.3. The van der Waals surface area contributed by atoms with Crippen molar-refractivity contribution in [3.8, 4) is 11.5 Å². The Labute approximate surface area is 136 Å². The van der Waals surface area contributed by atoms with Crippen molar-refractivity contribution in [1.82, 2.24) is 5.32 Å². The molecule has 0 aliphatic carbocycles. The number of ether oxygens (including phenoxy) is 2. The molecule has 0 bridgehead atoms. The Balaban J connectivity index is 1.71. The Hall–Kier alpha value is -2.08. The van der Waals surface area contributed by atoms with Gasteiger partial charge in [-0.1, -0.05) is 30.3 Å². The van der Waals surface area contributed by atoms with E-state index >= 15 is 0 Å². The summed E-state index contributed by atoms with van der Waals surface area (Å²) in [5, 5.41) is 21.3. The fourth-order valence-electron chi connectivity index (χ4n) is 1.97. The van der Waals surface area contributed by atoms with Gasteiger partial charge in [0.25, 0.3) is 0 Å². The van der Waals surface area contributed by atoms with Crippen LogP contribution in [0.3, 0.4) is 0 Å². The van der Waals surface area contributed by atoms with Gasteiger partial charge in [0.15, 0.2) is 0 Å². The lowest BCUT2D eigenvalue weighted by Gasteiger charge is -2.13. The van der Waals surface area contributed by atoms with Gasteiger partial charge in [-0.25, -0.2) is 0 Å². The smallest absolute Gasteiger partial charge is 0.120 e. The standard InChI is InChI=1S/C18H23NO4/c20-11-10-19-12-16(21)14-23-18-8-6-17(7-9-18)22-13-15-4-2-1-3-5-15/h1-9,16,19-21H,10-14H2/t16-/m1/s1. The molecular formula is C18H23NO4. The molecule has 2 aromatic rings. The number of aliphatic hydroxyl groups excluding tert-OH is 2. The molecule has 0 saturated carbocycles. The zero-order valence-electron chi connectivity index (χ0n) is 13.0. The first-order valence-corrected chi connectivity index (χ1v) is 7.67. The van der Waals surface area contributed by atoms with E-state index in [9.17, 15) is 5.11 Å². The molecule has 0 aromatic heterocycles. The highest BCUT2D eigenvalue weighted by Gasteiger charge is 2.05. The molecule has 0 aliphatic heterocycles. The van der Waals surface area contributed by atoms with E-state index in [1.807, 2.05) is 54.6 Å². The molecule has 3 N–H and O–H groups in total. The van der Waals surface area contributed by atoms with Crippen molar-refractivity contribution in [2.45, 2.75) is 12.7 Å². The zero-order chi connectivity index (χ0) is 16.3. The maximum absolute atomic E-state index is 9.71. The molecule has 2 aromatic carbocycles. The molecule has 124 valence electrons. The molecule has 1 atom stereocenters. The van der Waals surface area contributed by atoms with Crippen molar-refractivity contribution < 1.29 is 19.7 Å². The van der Waals surface area contributed by atoms with Crippen LogP contribution in [-0.4, -0.2) is 42.6 Å². The Bertz CT molecular complexity index is 545. The first kappa shape index (κ1) is 17.3. The molecule has 0 amide bonds. The lowest BCUT2D eigenvalue weighted by Crippen LogP contribution is -2.32. The number of benzene rings is 2. The molecule has 0 aliphatic rings. The van der Waals surface area contributed by atoms with Gasteiger partial charge in [-0.2, -0.15) is 0 Å². The molecule has 0 unspecified atom stereocenters. The largest absolute Gasteiger partial charge is 0.491 e. The van der Waals surface area contributed by atoms with E-state index in [-0.39, 0.29) is 13.2 Å². The van der Waals surface area contributed by atoms with Crippen molar-refractivity contribution in [1.29, 1.82) is 0 Å². The molecule has 2 rings (SSSR count). The molecular weight excluding hydrogens is 294 g/mol. The van der Waals surface area contributed by atoms with E-state index in [2.05, 4.69) is 5.32 Å². The molecule has 5 heteroatoms. The van der Waals surface area contributed by atoms with Crippen molar-refractivity contribution in [2.24, 2.45) is 0 Å². The summed E-state index contributed by atoms with van der Waals surface area (Å²) in [5.74, 6) is 1.45. The van der Waals surface area contributed by atoms with Crippen LogP contribution in [-0.2, 0) is 6.61 Å². The minimum Gasteiger partial charge on any atom is -0.491 e. The Kier molecular flexibility index (Phi) is 7.39. The van der Waals surface area contributed by atoms with Crippen LogP contribution in [0.2, 0.25) is 0 Å². The van der Waals surface area contributed by atoms with E-state index in [0.717, 1.165) is 11.3 Å². The minimum atomic E-state index is -0.615. The number of nitrogens with one attached hydrogen (secondary N) is 1. The molecule has 0 saturated heterocycles. The summed E-state index contributed by atoms with van der Waals surface area (Å²) in [6.45, 7) is 1.63. The normalized spacial score (nSPS) is 11.9. The van der Waals surface area contributed by atoms with Crippen LogP contribution >= 0.6 is 0 Å². The molecule has 0 fully saturated rings. The molecule has 23 heavy (non-hydrogen) atoms. The van der Waals surface area contributed by atoms with Gasteiger partial charge in [-0.05, 0) is 29.8 Å². The van der Waals surface area contributed by atoms with E-state index < -0.39 is 6.10 Å². The Morgan fingerprint density at radius 3 is 2.22 bits per heavy atom. The lowest BCUT2D eigenvalue weighted by atomic mass is 10.2. The molecule has 0 heterocycles. The van der Waals surface area contributed by atoms with E-state index in [4.69, 9.17) is 14.6 Å². The molecule has 0 radical (unpaired) electrons. The van der Waals surface area contributed by atoms with Crippen LogP contribution in [0, 0.1) is 0 Å². The highest BCUT2D eigenvalue weighted by Crippen LogP contribution is 2.18. The second kappa shape index (κ2) is 9.84. The third-order valence-corrected chi connectivity index (χ3v) is 3.18. The SMILES string of the molecule is OCCNC[C@@H](O)COc1ccc(OCc2ccccc2)cc1. The van der Waals surface area contributed by atoms with Gasteiger partial charge in [0, 0.05) is 13.1 Å². The summed E-state index contributed by atoms with van der Waals surface area (Å²) in [6, 6.07) is 17.3. The van der Waals surface area contributed by atoms with E-state index in [0.29, 0.717) is 25.4 Å². The highest BCUT2D eigenvalue weighted by molar-refractivity contribution is 5.31. The number of hydrogen-bond donors (Lipinski definition) is 3. The second-order valence-corrected chi connectivity index (χ2v) is 5.14. The fourth-order valence-corrected chi connectivity index (χ4v) is 1.97. The summed E-state index contributed by atoms with van der Waals surface area (Å²) < 4.78 is 11.2. The number of aliphatic hydroxyl groups is 2. The van der Waals surface area contributed by atoms with Crippen LogP contribution in [0.15, 0.2) is 54.6 Å². The average molecular weight is 317 g/mol. The first-order valence-electron chi connectivity index (χ1n) is 7.67. The predicted molar refractivity (Wildman–Crippen MR) is 88.7 cm³/mol. The third-order valence-electron chi connectivity index (χ3n) is 3.18. The summed E-state index contributed by atoms with van der Waals surface area (Å²) in [7, 11) is 0. The van der Waals surface area contributed by atoms with Crippen LogP contribution in [0.5, 0.6) is 11.5 Å². The average Bonchev–Trinajstić information content (AvgIpc) is 2.60. The van der Waals surface area contributed by atoms with Gasteiger partial charge in [-0.3, -0.25) is 0 Å². The minimum absolute atomic E-state index is 0.0536. The maximum Gasteiger partial charge on any atom is 0.120 e. The summed E-state index contributed by atoms with van der Waals surface area (Å²) in [5.41, 5.74) is 1.12. The van der Waals surface area contributed by atoms with Gasteiger partial charge in [0.05, 0.1) is 6.61 Å². The maximum atomic E-state index is 9.71. The lowest BCUT2D eigenvalue weighted by molar-refractivity contribution is 0.105. The van der Waals surface area contributed by atoms with Gasteiger partial charge < -0.3 is 25.0 Å². The number of hydrogen-bond acceptors (Lipinski definition) is 5. The molecule has 0 spiro atoms. The molecule has 5 nitrogen and oxygen atoms in total. The van der Waals surface area contributed by atoms with Gasteiger partial charge in [0.2, 0.25) is 0 Å².